The van der Waals surface area contributed by atoms with Crippen molar-refractivity contribution in [2.75, 3.05) is 0 Å². The topological polar surface area (TPSA) is 64.0 Å². The summed E-state index contributed by atoms with van der Waals surface area (Å²) >= 11 is 0. The summed E-state index contributed by atoms with van der Waals surface area (Å²) in [7, 11) is 0. The van der Waals surface area contributed by atoms with Crippen LogP contribution in [0.5, 0.6) is 0 Å². The van der Waals surface area contributed by atoms with Crippen molar-refractivity contribution in [1.29, 1.82) is 0 Å². The third-order valence-corrected chi connectivity index (χ3v) is 6.50. The molecule has 0 fully saturated rings. The molecule has 0 radical (unpaired) electrons. The van der Waals surface area contributed by atoms with E-state index in [1.807, 2.05) is 36.4 Å². The molecule has 3 aromatic carbocycles. The van der Waals surface area contributed by atoms with E-state index in [0.717, 1.165) is 19.3 Å². The number of amides is 1. The second kappa shape index (κ2) is 9.59. The van der Waals surface area contributed by atoms with Gasteiger partial charge in [0.2, 0.25) is 5.91 Å². The van der Waals surface area contributed by atoms with Crippen molar-refractivity contribution < 1.29 is 9.18 Å². The van der Waals surface area contributed by atoms with Crippen LogP contribution in [0.15, 0.2) is 77.6 Å². The third kappa shape index (κ3) is 4.49. The smallest absolute Gasteiger partial charge is 0.273 e. The molecule has 1 aromatic heterocycles. The van der Waals surface area contributed by atoms with Gasteiger partial charge in [0.1, 0.15) is 11.5 Å². The Morgan fingerprint density at radius 3 is 2.68 bits per heavy atom. The zero-order valence-corrected chi connectivity index (χ0v) is 18.8. The van der Waals surface area contributed by atoms with E-state index >= 15 is 0 Å². The van der Waals surface area contributed by atoms with E-state index in [2.05, 4.69) is 22.4 Å². The van der Waals surface area contributed by atoms with Crippen molar-refractivity contribution in [3.63, 3.8) is 0 Å². The number of nitrogens with one attached hydrogen (secondary N) is 1. The number of aromatic nitrogens is 2. The van der Waals surface area contributed by atoms with Gasteiger partial charge in [0.25, 0.3) is 5.56 Å². The second-order valence-electron chi connectivity index (χ2n) is 8.74. The first-order valence-electron chi connectivity index (χ1n) is 11.7. The van der Waals surface area contributed by atoms with Gasteiger partial charge in [-0.05, 0) is 48.6 Å². The number of rotatable bonds is 6. The number of aryl methyl sites for hydroxylation is 2. The summed E-state index contributed by atoms with van der Waals surface area (Å²) in [5, 5.41) is 3.14. The average Bonchev–Trinajstić information content (AvgIpc) is 2.86. The molecule has 1 amide bonds. The van der Waals surface area contributed by atoms with Crippen LogP contribution >= 0.6 is 0 Å². The Bertz CT molecular complexity index is 1410. The molecule has 1 aliphatic carbocycles. The van der Waals surface area contributed by atoms with E-state index in [4.69, 9.17) is 0 Å². The number of carbonyl (C=O) groups is 1. The standard InChI is InChI=1S/C28H26FN3O2/c29-22-12-4-2-9-20(22)18-32-26-15-6-5-13-24(26)30-25(28(32)34)16-17-27(33)31-23-14-7-10-19-8-1-3-11-21(19)23/h1-6,8-9,11-13,15,23H,7,10,14,16-18H2,(H,31,33). The Kier molecular flexibility index (Phi) is 6.21. The maximum atomic E-state index is 14.3. The lowest BCUT2D eigenvalue weighted by molar-refractivity contribution is -0.121. The molecule has 5 nitrogen and oxygen atoms in total. The zero-order valence-electron chi connectivity index (χ0n) is 18.8. The van der Waals surface area contributed by atoms with Crippen LogP contribution in [0.3, 0.4) is 0 Å². The van der Waals surface area contributed by atoms with Crippen molar-refractivity contribution in [2.45, 2.75) is 44.7 Å². The summed E-state index contributed by atoms with van der Waals surface area (Å²) in [6.07, 6.45) is 3.37. The summed E-state index contributed by atoms with van der Waals surface area (Å²) in [5.74, 6) is -0.458. The molecule has 0 saturated carbocycles. The van der Waals surface area contributed by atoms with Gasteiger partial charge in [-0.25, -0.2) is 9.37 Å². The lowest BCUT2D eigenvalue weighted by Crippen LogP contribution is -2.32. The van der Waals surface area contributed by atoms with E-state index in [1.165, 1.54) is 17.2 Å². The predicted octanol–water partition coefficient (Wildman–Crippen LogP) is 4.71. The Morgan fingerprint density at radius 2 is 1.79 bits per heavy atom. The van der Waals surface area contributed by atoms with E-state index in [9.17, 15) is 14.0 Å². The molecule has 1 atom stereocenters. The SMILES string of the molecule is O=C(CCc1nc2ccccc2n(Cc2ccccc2F)c1=O)NC1CCCc2ccccc21. The highest BCUT2D eigenvalue weighted by Gasteiger charge is 2.22. The third-order valence-electron chi connectivity index (χ3n) is 6.50. The zero-order chi connectivity index (χ0) is 23.5. The average molecular weight is 456 g/mol. The normalized spacial score (nSPS) is 15.1. The molecular formula is C28H26FN3O2. The molecule has 1 N–H and O–H groups in total. The Hall–Kier alpha value is -3.80. The first-order chi connectivity index (χ1) is 16.6. The number of nitrogens with zero attached hydrogens (tertiary/aromatic N) is 2. The lowest BCUT2D eigenvalue weighted by Gasteiger charge is -2.26. The molecule has 1 aliphatic rings. The number of para-hydroxylation sites is 2. The van der Waals surface area contributed by atoms with Gasteiger partial charge in [0.05, 0.1) is 23.6 Å². The van der Waals surface area contributed by atoms with Crippen LogP contribution in [0.1, 0.15) is 47.7 Å². The molecular weight excluding hydrogens is 429 g/mol. The maximum Gasteiger partial charge on any atom is 0.273 e. The number of benzene rings is 3. The van der Waals surface area contributed by atoms with Gasteiger partial charge in [-0.2, -0.15) is 0 Å². The van der Waals surface area contributed by atoms with Crippen LogP contribution in [0, 0.1) is 5.82 Å². The van der Waals surface area contributed by atoms with Gasteiger partial charge in [0.15, 0.2) is 0 Å². The van der Waals surface area contributed by atoms with Crippen molar-refractivity contribution in [2.24, 2.45) is 0 Å². The summed E-state index contributed by atoms with van der Waals surface area (Å²) in [4.78, 5) is 30.7. The molecule has 1 unspecified atom stereocenters. The van der Waals surface area contributed by atoms with Crippen LogP contribution < -0.4 is 10.9 Å². The Morgan fingerprint density at radius 1 is 1.03 bits per heavy atom. The van der Waals surface area contributed by atoms with Crippen LogP contribution in [0.4, 0.5) is 4.39 Å². The van der Waals surface area contributed by atoms with E-state index in [0.29, 0.717) is 22.3 Å². The molecule has 6 heteroatoms. The van der Waals surface area contributed by atoms with Gasteiger partial charge < -0.3 is 9.88 Å². The highest BCUT2D eigenvalue weighted by atomic mass is 19.1. The van der Waals surface area contributed by atoms with Gasteiger partial charge in [0, 0.05) is 18.4 Å². The molecule has 0 bridgehead atoms. The van der Waals surface area contributed by atoms with E-state index < -0.39 is 0 Å². The highest BCUT2D eigenvalue weighted by Crippen LogP contribution is 2.29. The maximum absolute atomic E-state index is 14.3. The lowest BCUT2D eigenvalue weighted by atomic mass is 9.87. The van der Waals surface area contributed by atoms with Crippen LogP contribution in [0.2, 0.25) is 0 Å². The number of carbonyl (C=O) groups excluding carboxylic acids is 1. The summed E-state index contributed by atoms with van der Waals surface area (Å²) < 4.78 is 15.9. The van der Waals surface area contributed by atoms with Crippen molar-refractivity contribution >= 4 is 16.9 Å². The van der Waals surface area contributed by atoms with Crippen LogP contribution in [-0.2, 0) is 24.2 Å². The van der Waals surface area contributed by atoms with Crippen molar-refractivity contribution in [3.8, 4) is 0 Å². The second-order valence-corrected chi connectivity index (χ2v) is 8.74. The van der Waals surface area contributed by atoms with E-state index in [1.54, 1.807) is 22.8 Å². The molecule has 1 heterocycles. The summed E-state index contributed by atoms with van der Waals surface area (Å²) in [5.41, 5.74) is 4.20. The molecule has 34 heavy (non-hydrogen) atoms. The molecule has 172 valence electrons. The summed E-state index contributed by atoms with van der Waals surface area (Å²) in [6.45, 7) is 0.104. The quantitative estimate of drug-likeness (QED) is 0.458. The number of hydrogen-bond acceptors (Lipinski definition) is 3. The molecule has 0 aliphatic heterocycles. The summed E-state index contributed by atoms with van der Waals surface area (Å²) in [6, 6.07) is 22.0. The van der Waals surface area contributed by atoms with Crippen LogP contribution in [-0.4, -0.2) is 15.5 Å². The first-order valence-corrected chi connectivity index (χ1v) is 11.7. The first kappa shape index (κ1) is 22.0. The number of hydrogen-bond donors (Lipinski definition) is 1. The molecule has 0 saturated heterocycles. The molecule has 0 spiro atoms. The fourth-order valence-electron chi connectivity index (χ4n) is 4.76. The molecule has 5 rings (SSSR count). The van der Waals surface area contributed by atoms with Crippen molar-refractivity contribution in [1.82, 2.24) is 14.9 Å². The van der Waals surface area contributed by atoms with Gasteiger partial charge in [-0.15, -0.1) is 0 Å². The Balaban J connectivity index is 1.37. The minimum Gasteiger partial charge on any atom is -0.349 e. The van der Waals surface area contributed by atoms with Gasteiger partial charge >= 0.3 is 0 Å². The van der Waals surface area contributed by atoms with E-state index in [-0.39, 0.29) is 42.7 Å². The number of fused-ring (bicyclic) bond motifs is 2. The number of halogens is 1. The molecule has 4 aromatic rings. The fourth-order valence-corrected chi connectivity index (χ4v) is 4.76. The van der Waals surface area contributed by atoms with Crippen molar-refractivity contribution in [3.05, 3.63) is 111 Å². The Labute approximate surface area is 197 Å². The minimum atomic E-state index is -0.357. The monoisotopic (exact) mass is 455 g/mol. The minimum absolute atomic E-state index is 0.000253. The van der Waals surface area contributed by atoms with Gasteiger partial charge in [-0.1, -0.05) is 54.6 Å². The largest absolute Gasteiger partial charge is 0.349 e. The van der Waals surface area contributed by atoms with Gasteiger partial charge in [-0.3, -0.25) is 9.59 Å². The highest BCUT2D eigenvalue weighted by molar-refractivity contribution is 5.77. The predicted molar refractivity (Wildman–Crippen MR) is 130 cm³/mol. The fraction of sp³-hybridized carbons (Fsp3) is 0.250. The van der Waals surface area contributed by atoms with Crippen LogP contribution in [0.25, 0.3) is 11.0 Å².